The molecule has 1 aliphatic heterocycles. The van der Waals surface area contributed by atoms with Crippen molar-refractivity contribution in [2.45, 2.75) is 18.9 Å². The summed E-state index contributed by atoms with van der Waals surface area (Å²) in [7, 11) is 0. The van der Waals surface area contributed by atoms with Gasteiger partial charge in [0, 0.05) is 50.7 Å². The fraction of sp³-hybridized carbons (Fsp3) is 0.692. The smallest absolute Gasteiger partial charge is 0.225 e. The largest absolute Gasteiger partial charge is 0.394 e. The highest BCUT2D eigenvalue weighted by molar-refractivity contribution is 5.29. The zero-order valence-corrected chi connectivity index (χ0v) is 11.5. The molecule has 1 aromatic rings. The van der Waals surface area contributed by atoms with Crippen molar-refractivity contribution in [3.63, 3.8) is 0 Å². The van der Waals surface area contributed by atoms with Gasteiger partial charge in [0.1, 0.15) is 0 Å². The van der Waals surface area contributed by atoms with E-state index in [0.717, 1.165) is 45.1 Å². The van der Waals surface area contributed by atoms with Crippen LogP contribution in [0.4, 0.5) is 5.95 Å². The zero-order chi connectivity index (χ0) is 13.7. The van der Waals surface area contributed by atoms with Crippen LogP contribution in [0.3, 0.4) is 0 Å². The van der Waals surface area contributed by atoms with Gasteiger partial charge in [-0.3, -0.25) is 4.90 Å². The van der Waals surface area contributed by atoms with E-state index in [-0.39, 0.29) is 6.61 Å². The quantitative estimate of drug-likeness (QED) is 0.761. The number of anilines is 1. The number of aliphatic hydroxyl groups is 1. The predicted molar refractivity (Wildman–Crippen MR) is 75.0 cm³/mol. The van der Waals surface area contributed by atoms with Gasteiger partial charge in [0.15, 0.2) is 0 Å². The molecule has 0 amide bonds. The van der Waals surface area contributed by atoms with Crippen LogP contribution in [0.5, 0.6) is 0 Å². The van der Waals surface area contributed by atoms with Crippen LogP contribution in [0, 0.1) is 0 Å². The zero-order valence-electron chi connectivity index (χ0n) is 11.5. The number of aromatic nitrogens is 2. The van der Waals surface area contributed by atoms with Gasteiger partial charge in [0.05, 0.1) is 6.61 Å². The second kappa shape index (κ2) is 6.27. The third-order valence-electron chi connectivity index (χ3n) is 3.57. The molecule has 0 radical (unpaired) electrons. The van der Waals surface area contributed by atoms with Gasteiger partial charge in [-0.15, -0.1) is 0 Å². The molecule has 1 fully saturated rings. The number of nitrogens with zero attached hydrogens (tertiary/aromatic N) is 4. The molecule has 6 heteroatoms. The van der Waals surface area contributed by atoms with Crippen LogP contribution in [0.25, 0.3) is 0 Å². The molecule has 1 atom stereocenters. The second-order valence-electron chi connectivity index (χ2n) is 5.44. The Morgan fingerprint density at radius 3 is 2.47 bits per heavy atom. The molecule has 1 aromatic heterocycles. The lowest BCUT2D eigenvalue weighted by Crippen LogP contribution is -2.50. The molecule has 1 unspecified atom stereocenters. The van der Waals surface area contributed by atoms with Crippen molar-refractivity contribution in [1.29, 1.82) is 0 Å². The maximum Gasteiger partial charge on any atom is 0.225 e. The van der Waals surface area contributed by atoms with Gasteiger partial charge in [-0.05, 0) is 19.4 Å². The van der Waals surface area contributed by atoms with E-state index in [4.69, 9.17) is 10.8 Å². The Morgan fingerprint density at radius 2 is 1.89 bits per heavy atom. The van der Waals surface area contributed by atoms with E-state index in [0.29, 0.717) is 0 Å². The van der Waals surface area contributed by atoms with Crippen molar-refractivity contribution < 1.29 is 5.11 Å². The van der Waals surface area contributed by atoms with Gasteiger partial charge < -0.3 is 15.7 Å². The van der Waals surface area contributed by atoms with E-state index in [1.165, 1.54) is 0 Å². The maximum atomic E-state index is 9.15. The lowest BCUT2D eigenvalue weighted by atomic mass is 10.0. The molecular formula is C13H23N5O. The summed E-state index contributed by atoms with van der Waals surface area (Å²) in [6.45, 7) is 6.69. The Balaban J connectivity index is 1.77. The minimum absolute atomic E-state index is 0.0326. The monoisotopic (exact) mass is 265 g/mol. The summed E-state index contributed by atoms with van der Waals surface area (Å²) >= 11 is 0. The molecule has 6 nitrogen and oxygen atoms in total. The summed E-state index contributed by atoms with van der Waals surface area (Å²) in [6.07, 6.45) is 4.36. The number of nitrogens with two attached hydrogens (primary N) is 1. The summed E-state index contributed by atoms with van der Waals surface area (Å²) in [6, 6.07) is 1.83. The Morgan fingerprint density at radius 1 is 1.26 bits per heavy atom. The van der Waals surface area contributed by atoms with Crippen molar-refractivity contribution in [3.05, 3.63) is 18.5 Å². The van der Waals surface area contributed by atoms with E-state index >= 15 is 0 Å². The molecule has 106 valence electrons. The van der Waals surface area contributed by atoms with Gasteiger partial charge in [-0.2, -0.15) is 0 Å². The van der Waals surface area contributed by atoms with Crippen molar-refractivity contribution >= 4 is 5.95 Å². The van der Waals surface area contributed by atoms with Crippen molar-refractivity contribution in [2.24, 2.45) is 5.73 Å². The fourth-order valence-corrected chi connectivity index (χ4v) is 2.12. The van der Waals surface area contributed by atoms with Crippen LogP contribution >= 0.6 is 0 Å². The number of hydrogen-bond acceptors (Lipinski definition) is 6. The lowest BCUT2D eigenvalue weighted by molar-refractivity contribution is 0.171. The first kappa shape index (κ1) is 14.2. The van der Waals surface area contributed by atoms with Crippen molar-refractivity contribution in [2.75, 3.05) is 44.2 Å². The first-order valence-corrected chi connectivity index (χ1v) is 6.75. The van der Waals surface area contributed by atoms with Gasteiger partial charge in [0.25, 0.3) is 0 Å². The van der Waals surface area contributed by atoms with Gasteiger partial charge in [0.2, 0.25) is 5.95 Å². The molecule has 0 aliphatic carbocycles. The van der Waals surface area contributed by atoms with Crippen LogP contribution < -0.4 is 10.6 Å². The topological polar surface area (TPSA) is 78.5 Å². The molecule has 2 rings (SSSR count). The normalized spacial score (nSPS) is 20.3. The summed E-state index contributed by atoms with van der Waals surface area (Å²) in [5.41, 5.74) is 5.47. The minimum atomic E-state index is -0.473. The summed E-state index contributed by atoms with van der Waals surface area (Å²) in [5, 5.41) is 9.15. The maximum absolute atomic E-state index is 9.15. The summed E-state index contributed by atoms with van der Waals surface area (Å²) in [5.74, 6) is 0.807. The predicted octanol–water partition coefficient (Wildman–Crippen LogP) is -0.302. The number of piperazine rings is 1. The highest BCUT2D eigenvalue weighted by atomic mass is 16.3. The van der Waals surface area contributed by atoms with Gasteiger partial charge in [-0.25, -0.2) is 9.97 Å². The van der Waals surface area contributed by atoms with E-state index < -0.39 is 5.54 Å². The summed E-state index contributed by atoms with van der Waals surface area (Å²) in [4.78, 5) is 13.1. The average Bonchev–Trinajstić information content (AvgIpc) is 2.47. The first-order chi connectivity index (χ1) is 9.11. The van der Waals surface area contributed by atoms with Crippen molar-refractivity contribution in [3.8, 4) is 0 Å². The minimum Gasteiger partial charge on any atom is -0.394 e. The molecule has 3 N–H and O–H groups in total. The van der Waals surface area contributed by atoms with Crippen LogP contribution in [0.15, 0.2) is 18.5 Å². The van der Waals surface area contributed by atoms with Gasteiger partial charge >= 0.3 is 0 Å². The Bertz CT molecular complexity index is 376. The lowest BCUT2D eigenvalue weighted by Gasteiger charge is -2.36. The highest BCUT2D eigenvalue weighted by Gasteiger charge is 2.22. The molecule has 0 spiro atoms. The molecule has 0 bridgehead atoms. The first-order valence-electron chi connectivity index (χ1n) is 6.75. The highest BCUT2D eigenvalue weighted by Crippen LogP contribution is 2.12. The SMILES string of the molecule is CC(N)(CO)CCN1CCN(c2ncccn2)CC1. The van der Waals surface area contributed by atoms with Crippen LogP contribution in [-0.4, -0.2) is 64.8 Å². The third kappa shape index (κ3) is 4.12. The molecular weight excluding hydrogens is 242 g/mol. The van der Waals surface area contributed by atoms with Crippen LogP contribution in [0.2, 0.25) is 0 Å². The molecule has 2 heterocycles. The Hall–Kier alpha value is -1.24. The standard InChI is InChI=1S/C13H23N5O/c1-13(14,11-19)3-6-17-7-9-18(10-8-17)12-15-4-2-5-16-12/h2,4-5,19H,3,6-11,14H2,1H3. The molecule has 1 aliphatic rings. The van der Waals surface area contributed by atoms with Crippen LogP contribution in [-0.2, 0) is 0 Å². The van der Waals surface area contributed by atoms with Gasteiger partial charge in [-0.1, -0.05) is 0 Å². The average molecular weight is 265 g/mol. The number of rotatable bonds is 5. The Labute approximate surface area is 114 Å². The van der Waals surface area contributed by atoms with Crippen LogP contribution in [0.1, 0.15) is 13.3 Å². The van der Waals surface area contributed by atoms with E-state index in [2.05, 4.69) is 19.8 Å². The van der Waals surface area contributed by atoms with Crippen molar-refractivity contribution in [1.82, 2.24) is 14.9 Å². The van der Waals surface area contributed by atoms with E-state index in [9.17, 15) is 0 Å². The third-order valence-corrected chi connectivity index (χ3v) is 3.57. The Kier molecular flexibility index (Phi) is 4.68. The number of hydrogen-bond donors (Lipinski definition) is 2. The second-order valence-corrected chi connectivity index (χ2v) is 5.44. The fourth-order valence-electron chi connectivity index (χ4n) is 2.12. The molecule has 0 saturated carbocycles. The number of aliphatic hydroxyl groups excluding tert-OH is 1. The molecule has 1 saturated heterocycles. The summed E-state index contributed by atoms with van der Waals surface area (Å²) < 4.78 is 0. The van der Waals surface area contributed by atoms with E-state index in [1.807, 2.05) is 13.0 Å². The molecule has 19 heavy (non-hydrogen) atoms. The molecule has 0 aromatic carbocycles. The van der Waals surface area contributed by atoms with E-state index in [1.54, 1.807) is 12.4 Å².